The summed E-state index contributed by atoms with van der Waals surface area (Å²) in [6, 6.07) is 0. The molecule has 0 aliphatic heterocycles. The third-order valence-electron chi connectivity index (χ3n) is 1.94. The second-order valence-corrected chi connectivity index (χ2v) is 3.97. The van der Waals surface area contributed by atoms with E-state index in [4.69, 9.17) is 0 Å². The number of thioether (sulfide) groups is 1. The summed E-state index contributed by atoms with van der Waals surface area (Å²) in [7, 11) is 0. The first-order valence-corrected chi connectivity index (χ1v) is 6.13. The van der Waals surface area contributed by atoms with Crippen molar-refractivity contribution in [3.8, 4) is 0 Å². The molecule has 1 N–H and O–H groups in total. The fraction of sp³-hybridized carbons (Fsp3) is 0.556. The van der Waals surface area contributed by atoms with Crippen LogP contribution in [0.15, 0.2) is 5.03 Å². The van der Waals surface area contributed by atoms with Gasteiger partial charge in [0.1, 0.15) is 5.69 Å². The molecule has 88 valence electrons. The molecule has 0 aliphatic carbocycles. The lowest BCUT2D eigenvalue weighted by molar-refractivity contribution is -0.389. The standard InChI is InChI=1S/C9H14N4O2S/c1-4-5-10-9-11-6(2)7(13(14)15)8(12-9)16-3/h4-5H2,1-3H3,(H,10,11,12). The molecule has 0 amide bonds. The highest BCUT2D eigenvalue weighted by Crippen LogP contribution is 2.28. The zero-order chi connectivity index (χ0) is 12.1. The van der Waals surface area contributed by atoms with Crippen molar-refractivity contribution in [1.29, 1.82) is 0 Å². The first-order valence-electron chi connectivity index (χ1n) is 4.91. The number of nitro groups is 1. The van der Waals surface area contributed by atoms with E-state index in [0.29, 0.717) is 16.7 Å². The fourth-order valence-electron chi connectivity index (χ4n) is 1.21. The van der Waals surface area contributed by atoms with Crippen molar-refractivity contribution in [1.82, 2.24) is 9.97 Å². The Bertz CT molecular complexity index is 397. The van der Waals surface area contributed by atoms with Gasteiger partial charge < -0.3 is 5.32 Å². The summed E-state index contributed by atoms with van der Waals surface area (Å²) < 4.78 is 0. The highest BCUT2D eigenvalue weighted by molar-refractivity contribution is 7.98. The van der Waals surface area contributed by atoms with Gasteiger partial charge in [-0.15, -0.1) is 11.8 Å². The van der Waals surface area contributed by atoms with Crippen molar-refractivity contribution in [3.05, 3.63) is 15.8 Å². The third kappa shape index (κ3) is 2.82. The molecule has 0 saturated heterocycles. The minimum atomic E-state index is -0.440. The molecule has 6 nitrogen and oxygen atoms in total. The molecule has 0 radical (unpaired) electrons. The van der Waals surface area contributed by atoms with E-state index in [9.17, 15) is 10.1 Å². The molecule has 1 rings (SSSR count). The van der Waals surface area contributed by atoms with Gasteiger partial charge in [0.15, 0.2) is 5.03 Å². The normalized spacial score (nSPS) is 10.2. The highest BCUT2D eigenvalue weighted by atomic mass is 32.2. The van der Waals surface area contributed by atoms with Gasteiger partial charge in [0.25, 0.3) is 0 Å². The largest absolute Gasteiger partial charge is 0.354 e. The van der Waals surface area contributed by atoms with E-state index < -0.39 is 4.92 Å². The van der Waals surface area contributed by atoms with Crippen molar-refractivity contribution in [3.63, 3.8) is 0 Å². The molecule has 0 spiro atoms. The van der Waals surface area contributed by atoms with Gasteiger partial charge in [0.2, 0.25) is 5.95 Å². The summed E-state index contributed by atoms with van der Waals surface area (Å²) >= 11 is 1.25. The smallest absolute Gasteiger partial charge is 0.322 e. The lowest BCUT2D eigenvalue weighted by Crippen LogP contribution is -2.08. The second-order valence-electron chi connectivity index (χ2n) is 3.17. The van der Waals surface area contributed by atoms with Crippen LogP contribution in [0.5, 0.6) is 0 Å². The predicted octanol–water partition coefficient (Wildman–Crippen LogP) is 2.24. The molecule has 0 aliphatic rings. The molecule has 0 unspecified atom stereocenters. The minimum Gasteiger partial charge on any atom is -0.354 e. The zero-order valence-electron chi connectivity index (χ0n) is 9.48. The second kappa shape index (κ2) is 5.64. The van der Waals surface area contributed by atoms with E-state index in [1.54, 1.807) is 13.2 Å². The Balaban J connectivity index is 3.11. The molecule has 1 aromatic rings. The van der Waals surface area contributed by atoms with Gasteiger partial charge in [-0.25, -0.2) is 4.98 Å². The van der Waals surface area contributed by atoms with Crippen LogP contribution in [0.2, 0.25) is 0 Å². The number of nitrogens with one attached hydrogen (secondary N) is 1. The number of anilines is 1. The van der Waals surface area contributed by atoms with E-state index in [1.807, 2.05) is 6.92 Å². The summed E-state index contributed by atoms with van der Waals surface area (Å²) in [6.45, 7) is 4.41. The number of rotatable bonds is 5. The van der Waals surface area contributed by atoms with Crippen LogP contribution in [-0.2, 0) is 0 Å². The zero-order valence-corrected chi connectivity index (χ0v) is 10.3. The average Bonchev–Trinajstić information content (AvgIpc) is 2.24. The Hall–Kier alpha value is -1.37. The van der Waals surface area contributed by atoms with Gasteiger partial charge in [0.05, 0.1) is 4.92 Å². The molecule has 0 saturated carbocycles. The average molecular weight is 242 g/mol. The summed E-state index contributed by atoms with van der Waals surface area (Å²) in [4.78, 5) is 18.6. The van der Waals surface area contributed by atoms with E-state index in [2.05, 4.69) is 15.3 Å². The van der Waals surface area contributed by atoms with Crippen molar-refractivity contribution in [2.75, 3.05) is 18.1 Å². The van der Waals surface area contributed by atoms with Crippen LogP contribution in [0.3, 0.4) is 0 Å². The predicted molar refractivity (Wildman–Crippen MR) is 64.0 cm³/mol. The monoisotopic (exact) mass is 242 g/mol. The van der Waals surface area contributed by atoms with Crippen LogP contribution < -0.4 is 5.32 Å². The topological polar surface area (TPSA) is 81.0 Å². The van der Waals surface area contributed by atoms with E-state index in [1.165, 1.54) is 11.8 Å². The van der Waals surface area contributed by atoms with Gasteiger partial charge in [0, 0.05) is 6.54 Å². The van der Waals surface area contributed by atoms with Gasteiger partial charge >= 0.3 is 5.69 Å². The van der Waals surface area contributed by atoms with Crippen LogP contribution in [0.4, 0.5) is 11.6 Å². The SMILES string of the molecule is CCCNc1nc(C)c([N+](=O)[O-])c(SC)n1. The molecule has 0 atom stereocenters. The molecular formula is C9H14N4O2S. The van der Waals surface area contributed by atoms with Gasteiger partial charge in [-0.2, -0.15) is 4.98 Å². The first kappa shape index (κ1) is 12.7. The summed E-state index contributed by atoms with van der Waals surface area (Å²) in [5.41, 5.74) is 0.387. The Morgan fingerprint density at radius 3 is 2.69 bits per heavy atom. The summed E-state index contributed by atoms with van der Waals surface area (Å²) in [5, 5.41) is 14.2. The number of hydrogen-bond donors (Lipinski definition) is 1. The maximum absolute atomic E-state index is 10.8. The van der Waals surface area contributed by atoms with E-state index in [0.717, 1.165) is 13.0 Å². The Morgan fingerprint density at radius 1 is 1.50 bits per heavy atom. The van der Waals surface area contributed by atoms with Crippen LogP contribution in [0.1, 0.15) is 19.0 Å². The van der Waals surface area contributed by atoms with E-state index in [-0.39, 0.29) is 5.69 Å². The van der Waals surface area contributed by atoms with Crippen molar-refractivity contribution >= 4 is 23.4 Å². The summed E-state index contributed by atoms with van der Waals surface area (Å²) in [5.74, 6) is 0.453. The van der Waals surface area contributed by atoms with Gasteiger partial charge in [-0.1, -0.05) is 6.92 Å². The lowest BCUT2D eigenvalue weighted by Gasteiger charge is -2.06. The molecule has 1 heterocycles. The number of hydrogen-bond acceptors (Lipinski definition) is 6. The number of nitrogens with zero attached hydrogens (tertiary/aromatic N) is 3. The summed E-state index contributed by atoms with van der Waals surface area (Å²) in [6.07, 6.45) is 2.71. The Morgan fingerprint density at radius 2 is 2.19 bits per heavy atom. The van der Waals surface area contributed by atoms with Crippen LogP contribution in [0.25, 0.3) is 0 Å². The number of aryl methyl sites for hydroxylation is 1. The van der Waals surface area contributed by atoms with Crippen LogP contribution in [0, 0.1) is 17.0 Å². The minimum absolute atomic E-state index is 0.00505. The molecule has 16 heavy (non-hydrogen) atoms. The number of aromatic nitrogens is 2. The maximum atomic E-state index is 10.8. The Labute approximate surface area is 98.0 Å². The molecule has 0 fully saturated rings. The molecule has 0 aromatic carbocycles. The van der Waals surface area contributed by atoms with Crippen LogP contribution in [-0.4, -0.2) is 27.7 Å². The highest BCUT2D eigenvalue weighted by Gasteiger charge is 2.20. The van der Waals surface area contributed by atoms with Crippen LogP contribution >= 0.6 is 11.8 Å². The molecule has 1 aromatic heterocycles. The molecular weight excluding hydrogens is 228 g/mol. The van der Waals surface area contributed by atoms with Crippen molar-refractivity contribution in [2.24, 2.45) is 0 Å². The van der Waals surface area contributed by atoms with Gasteiger partial charge in [-0.05, 0) is 19.6 Å². The Kier molecular flexibility index (Phi) is 4.48. The molecule has 7 heteroatoms. The first-order chi connectivity index (χ1) is 7.60. The molecule has 0 bridgehead atoms. The van der Waals surface area contributed by atoms with E-state index >= 15 is 0 Å². The maximum Gasteiger partial charge on any atom is 0.322 e. The third-order valence-corrected chi connectivity index (χ3v) is 2.61. The lowest BCUT2D eigenvalue weighted by atomic mass is 10.4. The quantitative estimate of drug-likeness (QED) is 0.369. The van der Waals surface area contributed by atoms with Crippen molar-refractivity contribution in [2.45, 2.75) is 25.3 Å². The fourth-order valence-corrected chi connectivity index (χ4v) is 1.80. The van der Waals surface area contributed by atoms with Gasteiger partial charge in [-0.3, -0.25) is 10.1 Å². The van der Waals surface area contributed by atoms with Crippen molar-refractivity contribution < 1.29 is 4.92 Å².